The maximum absolute atomic E-state index is 13.2. The fourth-order valence-electron chi connectivity index (χ4n) is 3.35. The summed E-state index contributed by atoms with van der Waals surface area (Å²) in [7, 11) is 1.81. The van der Waals surface area contributed by atoms with E-state index in [0.29, 0.717) is 17.5 Å². The van der Waals surface area contributed by atoms with Gasteiger partial charge in [0.2, 0.25) is 11.9 Å². The minimum atomic E-state index is -2.90. The van der Waals surface area contributed by atoms with Crippen molar-refractivity contribution in [3.05, 3.63) is 55.1 Å². The number of nitrogens with one attached hydrogen (secondary N) is 2. The lowest BCUT2D eigenvalue weighted by Gasteiger charge is -2.09. The van der Waals surface area contributed by atoms with Gasteiger partial charge in [-0.3, -0.25) is 9.48 Å². The molecule has 1 fully saturated rings. The molecule has 1 saturated carbocycles. The molecular formula is C20H17F2N7O. The number of carbonyl (C=O) groups excluding carboxylic acids is 1. The minimum Gasteiger partial charge on any atom is -0.325 e. The van der Waals surface area contributed by atoms with Crippen LogP contribution in [0.4, 0.5) is 26.1 Å². The zero-order valence-electron chi connectivity index (χ0n) is 15.9. The van der Waals surface area contributed by atoms with Crippen LogP contribution in [0.5, 0.6) is 0 Å². The molecule has 10 heteroatoms. The smallest absolute Gasteiger partial charge is 0.260 e. The Kier molecular flexibility index (Phi) is 4.02. The van der Waals surface area contributed by atoms with Crippen LogP contribution in [0.15, 0.2) is 55.1 Å². The molecule has 1 aliphatic rings. The molecule has 3 aromatic heterocycles. The topological polar surface area (TPSA) is 89.7 Å². The van der Waals surface area contributed by atoms with Gasteiger partial charge in [0.05, 0.1) is 23.1 Å². The molecule has 1 aromatic carbocycles. The maximum Gasteiger partial charge on any atom is 0.260 e. The van der Waals surface area contributed by atoms with Crippen molar-refractivity contribution in [2.45, 2.75) is 12.3 Å². The number of rotatable bonds is 5. The van der Waals surface area contributed by atoms with Crippen LogP contribution in [0, 0.1) is 5.92 Å². The summed E-state index contributed by atoms with van der Waals surface area (Å²) < 4.78 is 29.9. The molecule has 2 N–H and O–H groups in total. The fraction of sp³-hybridized carbons (Fsp3) is 0.200. The molecule has 0 bridgehead atoms. The van der Waals surface area contributed by atoms with Crippen molar-refractivity contribution in [3.8, 4) is 5.82 Å². The van der Waals surface area contributed by atoms with Gasteiger partial charge < -0.3 is 15.2 Å². The lowest BCUT2D eigenvalue weighted by molar-refractivity contribution is -0.119. The standard InChI is InChI=1S/C20H17F2N7O/c1-28-11-12(10-24-28)25-19-23-7-5-17(27-19)29-8-6-13-15(3-2-4-16(13)29)26-18(30)14-9-20(14,21)22/h2-8,10-11,14H,9H2,1H3,(H,26,30)(H,23,25,27). The van der Waals surface area contributed by atoms with Crippen LogP contribution in [0.2, 0.25) is 0 Å². The van der Waals surface area contributed by atoms with Crippen molar-refractivity contribution in [1.29, 1.82) is 0 Å². The lowest BCUT2D eigenvalue weighted by atomic mass is 10.2. The van der Waals surface area contributed by atoms with Crippen LogP contribution >= 0.6 is 0 Å². The molecule has 4 aromatic rings. The molecule has 8 nitrogen and oxygen atoms in total. The highest BCUT2D eigenvalue weighted by Crippen LogP contribution is 2.49. The van der Waals surface area contributed by atoms with Gasteiger partial charge in [-0.15, -0.1) is 0 Å². The Morgan fingerprint density at radius 2 is 2.10 bits per heavy atom. The number of nitrogens with zero attached hydrogens (tertiary/aromatic N) is 5. The van der Waals surface area contributed by atoms with Crippen molar-refractivity contribution in [1.82, 2.24) is 24.3 Å². The van der Waals surface area contributed by atoms with Crippen LogP contribution in [0.25, 0.3) is 16.7 Å². The Morgan fingerprint density at radius 3 is 2.83 bits per heavy atom. The third-order valence-electron chi connectivity index (χ3n) is 4.98. The molecule has 0 spiro atoms. The summed E-state index contributed by atoms with van der Waals surface area (Å²) in [5, 5.41) is 10.5. The Labute approximate surface area is 169 Å². The second-order valence-corrected chi connectivity index (χ2v) is 7.20. The first kappa shape index (κ1) is 18.2. The Morgan fingerprint density at radius 1 is 1.27 bits per heavy atom. The highest BCUT2D eigenvalue weighted by atomic mass is 19.3. The van der Waals surface area contributed by atoms with Crippen molar-refractivity contribution in [2.24, 2.45) is 13.0 Å². The number of hydrogen-bond acceptors (Lipinski definition) is 5. The third-order valence-corrected chi connectivity index (χ3v) is 4.98. The first-order valence-corrected chi connectivity index (χ1v) is 9.28. The normalized spacial score (nSPS) is 17.1. The molecule has 152 valence electrons. The van der Waals surface area contributed by atoms with Gasteiger partial charge in [0.1, 0.15) is 11.7 Å². The molecule has 1 amide bonds. The van der Waals surface area contributed by atoms with Crippen LogP contribution in [0.3, 0.4) is 0 Å². The van der Waals surface area contributed by atoms with Gasteiger partial charge >= 0.3 is 0 Å². The molecule has 0 saturated heterocycles. The van der Waals surface area contributed by atoms with Gasteiger partial charge in [0.15, 0.2) is 0 Å². The van der Waals surface area contributed by atoms with E-state index in [-0.39, 0.29) is 0 Å². The number of amides is 1. The number of benzene rings is 1. The van der Waals surface area contributed by atoms with Gasteiger partial charge in [0.25, 0.3) is 5.92 Å². The number of aromatic nitrogens is 5. The second kappa shape index (κ2) is 6.61. The van der Waals surface area contributed by atoms with Crippen molar-refractivity contribution in [2.75, 3.05) is 10.6 Å². The zero-order valence-corrected chi connectivity index (χ0v) is 15.9. The second-order valence-electron chi connectivity index (χ2n) is 7.20. The number of aryl methyl sites for hydroxylation is 1. The SMILES string of the molecule is Cn1cc(Nc2nccc(-n3ccc4c(NC(=O)C5CC5(F)F)cccc43)n2)cn1. The Bertz CT molecular complexity index is 1260. The summed E-state index contributed by atoms with van der Waals surface area (Å²) >= 11 is 0. The molecule has 30 heavy (non-hydrogen) atoms. The van der Waals surface area contributed by atoms with E-state index in [2.05, 4.69) is 25.7 Å². The number of halogens is 2. The number of anilines is 3. The summed E-state index contributed by atoms with van der Waals surface area (Å²) in [4.78, 5) is 20.9. The van der Waals surface area contributed by atoms with E-state index in [0.717, 1.165) is 16.6 Å². The quantitative estimate of drug-likeness (QED) is 0.527. The first-order valence-electron chi connectivity index (χ1n) is 9.28. The highest BCUT2D eigenvalue weighted by molar-refractivity contribution is 6.03. The zero-order chi connectivity index (χ0) is 20.9. The number of carbonyl (C=O) groups is 1. The molecule has 5 rings (SSSR count). The Hall–Kier alpha value is -3.82. The summed E-state index contributed by atoms with van der Waals surface area (Å²) in [6.45, 7) is 0. The molecule has 0 radical (unpaired) electrons. The molecule has 3 heterocycles. The van der Waals surface area contributed by atoms with Gasteiger partial charge in [-0.2, -0.15) is 10.1 Å². The summed E-state index contributed by atoms with van der Waals surface area (Å²) in [5.74, 6) is -3.79. The van der Waals surface area contributed by atoms with Crippen LogP contribution in [-0.2, 0) is 11.8 Å². The van der Waals surface area contributed by atoms with Crippen molar-refractivity contribution >= 4 is 34.1 Å². The summed E-state index contributed by atoms with van der Waals surface area (Å²) in [6, 6.07) is 8.89. The largest absolute Gasteiger partial charge is 0.325 e. The van der Waals surface area contributed by atoms with Gasteiger partial charge in [-0.25, -0.2) is 13.8 Å². The predicted octanol–water partition coefficient (Wildman–Crippen LogP) is 3.49. The summed E-state index contributed by atoms with van der Waals surface area (Å²) in [6.07, 6.45) is 6.51. The molecule has 0 aliphatic heterocycles. The molecular weight excluding hydrogens is 392 g/mol. The first-order chi connectivity index (χ1) is 14.4. The van der Waals surface area contributed by atoms with Crippen LogP contribution in [-0.4, -0.2) is 36.1 Å². The van der Waals surface area contributed by atoms with Crippen LogP contribution < -0.4 is 10.6 Å². The average Bonchev–Trinajstić information content (AvgIpc) is 3.04. The van der Waals surface area contributed by atoms with Gasteiger partial charge in [-0.05, 0) is 24.3 Å². The van der Waals surface area contributed by atoms with E-state index in [4.69, 9.17) is 0 Å². The van der Waals surface area contributed by atoms with E-state index < -0.39 is 24.2 Å². The highest BCUT2D eigenvalue weighted by Gasteiger charge is 2.61. The van der Waals surface area contributed by atoms with E-state index >= 15 is 0 Å². The number of fused-ring (bicyclic) bond motifs is 1. The number of hydrogen-bond donors (Lipinski definition) is 2. The van der Waals surface area contributed by atoms with Crippen molar-refractivity contribution < 1.29 is 13.6 Å². The molecule has 1 aliphatic carbocycles. The fourth-order valence-corrected chi connectivity index (χ4v) is 3.35. The number of alkyl halides is 2. The lowest BCUT2D eigenvalue weighted by Crippen LogP contribution is -2.17. The van der Waals surface area contributed by atoms with E-state index in [1.807, 2.05) is 29.9 Å². The molecule has 1 unspecified atom stereocenters. The minimum absolute atomic E-state index is 0.399. The summed E-state index contributed by atoms with van der Waals surface area (Å²) in [5.41, 5.74) is 2.02. The van der Waals surface area contributed by atoms with E-state index in [1.165, 1.54) is 0 Å². The third kappa shape index (κ3) is 3.25. The van der Waals surface area contributed by atoms with Crippen molar-refractivity contribution in [3.63, 3.8) is 0 Å². The van der Waals surface area contributed by atoms with Crippen LogP contribution in [0.1, 0.15) is 6.42 Å². The average molecular weight is 409 g/mol. The van der Waals surface area contributed by atoms with E-state index in [1.54, 1.807) is 41.5 Å². The van der Waals surface area contributed by atoms with E-state index in [9.17, 15) is 13.6 Å². The maximum atomic E-state index is 13.2. The monoisotopic (exact) mass is 409 g/mol. The van der Waals surface area contributed by atoms with Gasteiger partial charge in [-0.1, -0.05) is 6.07 Å². The molecule has 1 atom stereocenters. The van der Waals surface area contributed by atoms with Gasteiger partial charge in [0, 0.05) is 37.4 Å². The Balaban J connectivity index is 1.44. The predicted molar refractivity (Wildman–Crippen MR) is 107 cm³/mol.